The summed E-state index contributed by atoms with van der Waals surface area (Å²) in [5.74, 6) is -0.131. The van der Waals surface area contributed by atoms with Gasteiger partial charge in [-0.3, -0.25) is 4.90 Å². The Morgan fingerprint density at radius 1 is 1.38 bits per heavy atom. The summed E-state index contributed by atoms with van der Waals surface area (Å²) in [6.07, 6.45) is 0.994. The molecule has 21 heavy (non-hydrogen) atoms. The highest BCUT2D eigenvalue weighted by Gasteiger charge is 2.39. The summed E-state index contributed by atoms with van der Waals surface area (Å²) in [5.41, 5.74) is 1.65. The molecular weight excluding hydrogens is 267 g/mol. The van der Waals surface area contributed by atoms with Gasteiger partial charge in [-0.1, -0.05) is 19.1 Å². The SMILES string of the molecule is CCC(C)(C(NC)c1ccc(C)c(F)c1)N1CCOCC1. The second-order valence-corrected chi connectivity index (χ2v) is 6.04. The predicted octanol–water partition coefficient (Wildman–Crippen LogP) is 2.90. The van der Waals surface area contributed by atoms with Gasteiger partial charge in [0.05, 0.1) is 19.3 Å². The molecule has 1 saturated heterocycles. The van der Waals surface area contributed by atoms with E-state index >= 15 is 0 Å². The van der Waals surface area contributed by atoms with Gasteiger partial charge in [-0.15, -0.1) is 0 Å². The molecule has 1 aliphatic heterocycles. The summed E-state index contributed by atoms with van der Waals surface area (Å²) in [6, 6.07) is 5.67. The Bertz CT molecular complexity index is 474. The van der Waals surface area contributed by atoms with Crippen LogP contribution in [0.4, 0.5) is 4.39 Å². The molecule has 0 saturated carbocycles. The zero-order valence-corrected chi connectivity index (χ0v) is 13.6. The van der Waals surface area contributed by atoms with E-state index in [2.05, 4.69) is 24.1 Å². The van der Waals surface area contributed by atoms with E-state index in [9.17, 15) is 4.39 Å². The van der Waals surface area contributed by atoms with Gasteiger partial charge in [0.15, 0.2) is 0 Å². The number of likely N-dealkylation sites (N-methyl/N-ethyl adjacent to an activating group) is 1. The van der Waals surface area contributed by atoms with Crippen molar-refractivity contribution in [3.05, 3.63) is 35.1 Å². The molecule has 1 N–H and O–H groups in total. The summed E-state index contributed by atoms with van der Waals surface area (Å²) in [6.45, 7) is 9.66. The van der Waals surface area contributed by atoms with E-state index in [1.165, 1.54) is 0 Å². The Morgan fingerprint density at radius 3 is 2.57 bits per heavy atom. The molecule has 0 spiro atoms. The fourth-order valence-electron chi connectivity index (χ4n) is 3.31. The lowest BCUT2D eigenvalue weighted by Crippen LogP contribution is -2.57. The van der Waals surface area contributed by atoms with Crippen LogP contribution in [-0.4, -0.2) is 43.8 Å². The van der Waals surface area contributed by atoms with Gasteiger partial charge >= 0.3 is 0 Å². The molecule has 0 aromatic heterocycles. The van der Waals surface area contributed by atoms with E-state index in [1.807, 2.05) is 19.2 Å². The van der Waals surface area contributed by atoms with Crippen LogP contribution in [-0.2, 0) is 4.74 Å². The summed E-state index contributed by atoms with van der Waals surface area (Å²) in [7, 11) is 1.96. The van der Waals surface area contributed by atoms with E-state index in [1.54, 1.807) is 13.0 Å². The number of nitrogens with one attached hydrogen (secondary N) is 1. The van der Waals surface area contributed by atoms with Gasteiger partial charge in [0.25, 0.3) is 0 Å². The van der Waals surface area contributed by atoms with Crippen molar-refractivity contribution in [2.75, 3.05) is 33.4 Å². The number of rotatable bonds is 5. The molecule has 0 radical (unpaired) electrons. The highest BCUT2D eigenvalue weighted by atomic mass is 19.1. The van der Waals surface area contributed by atoms with Gasteiger partial charge in [0, 0.05) is 18.6 Å². The highest BCUT2D eigenvalue weighted by Crippen LogP contribution is 2.35. The Hall–Kier alpha value is -0.970. The van der Waals surface area contributed by atoms with Gasteiger partial charge in [0.2, 0.25) is 0 Å². The molecule has 1 aliphatic rings. The molecule has 1 aromatic carbocycles. The molecule has 3 nitrogen and oxygen atoms in total. The fourth-order valence-corrected chi connectivity index (χ4v) is 3.31. The zero-order chi connectivity index (χ0) is 15.5. The number of hydrogen-bond acceptors (Lipinski definition) is 3. The third-order valence-electron chi connectivity index (χ3n) is 4.89. The normalized spacial score (nSPS) is 21.0. The summed E-state index contributed by atoms with van der Waals surface area (Å²) >= 11 is 0. The van der Waals surface area contributed by atoms with Crippen molar-refractivity contribution >= 4 is 0 Å². The quantitative estimate of drug-likeness (QED) is 0.904. The van der Waals surface area contributed by atoms with Gasteiger partial charge in [-0.2, -0.15) is 0 Å². The lowest BCUT2D eigenvalue weighted by atomic mass is 9.82. The molecule has 2 rings (SSSR count). The average molecular weight is 294 g/mol. The molecular formula is C17H27FN2O. The van der Waals surface area contributed by atoms with E-state index in [0.717, 1.165) is 38.3 Å². The molecule has 4 heteroatoms. The Labute approximate surface area is 127 Å². The minimum Gasteiger partial charge on any atom is -0.379 e. The van der Waals surface area contributed by atoms with Crippen LogP contribution < -0.4 is 5.32 Å². The van der Waals surface area contributed by atoms with Crippen LogP contribution >= 0.6 is 0 Å². The first kappa shape index (κ1) is 16.4. The average Bonchev–Trinajstić information content (AvgIpc) is 2.52. The summed E-state index contributed by atoms with van der Waals surface area (Å²) in [5, 5.41) is 3.40. The van der Waals surface area contributed by atoms with E-state index in [-0.39, 0.29) is 17.4 Å². The Kier molecular flexibility index (Phi) is 5.36. The first-order chi connectivity index (χ1) is 10.0. The predicted molar refractivity (Wildman–Crippen MR) is 84.0 cm³/mol. The minimum atomic E-state index is -0.131. The first-order valence-corrected chi connectivity index (χ1v) is 7.79. The highest BCUT2D eigenvalue weighted by molar-refractivity contribution is 5.28. The van der Waals surface area contributed by atoms with Crippen molar-refractivity contribution in [2.24, 2.45) is 0 Å². The molecule has 0 amide bonds. The molecule has 2 unspecified atom stereocenters. The van der Waals surface area contributed by atoms with E-state index in [4.69, 9.17) is 4.74 Å². The number of nitrogens with zero attached hydrogens (tertiary/aromatic N) is 1. The molecule has 0 aliphatic carbocycles. The molecule has 1 fully saturated rings. The van der Waals surface area contributed by atoms with Crippen LogP contribution in [0.15, 0.2) is 18.2 Å². The first-order valence-electron chi connectivity index (χ1n) is 7.79. The van der Waals surface area contributed by atoms with E-state index < -0.39 is 0 Å². The lowest BCUT2D eigenvalue weighted by Gasteiger charge is -2.48. The van der Waals surface area contributed by atoms with Crippen molar-refractivity contribution < 1.29 is 9.13 Å². The fraction of sp³-hybridized carbons (Fsp3) is 0.647. The smallest absolute Gasteiger partial charge is 0.126 e. The van der Waals surface area contributed by atoms with Crippen LogP contribution in [0.3, 0.4) is 0 Å². The van der Waals surface area contributed by atoms with Crippen LogP contribution in [0.25, 0.3) is 0 Å². The van der Waals surface area contributed by atoms with Gasteiger partial charge < -0.3 is 10.1 Å². The van der Waals surface area contributed by atoms with Crippen LogP contribution in [0.5, 0.6) is 0 Å². The standard InChI is InChI=1S/C17H27FN2O/c1-5-17(3,20-8-10-21-11-9-20)16(19-4)14-7-6-13(2)15(18)12-14/h6-7,12,16,19H,5,8-11H2,1-4H3. The molecule has 2 atom stereocenters. The Morgan fingerprint density at radius 2 is 2.05 bits per heavy atom. The minimum absolute atomic E-state index is 0.0553. The van der Waals surface area contributed by atoms with Crippen LogP contribution in [0.1, 0.15) is 37.4 Å². The third kappa shape index (κ3) is 3.28. The number of aryl methyl sites for hydroxylation is 1. The number of morpholine rings is 1. The van der Waals surface area contributed by atoms with Crippen LogP contribution in [0.2, 0.25) is 0 Å². The summed E-state index contributed by atoms with van der Waals surface area (Å²) in [4.78, 5) is 2.47. The molecule has 1 aromatic rings. The van der Waals surface area contributed by atoms with Gasteiger partial charge in [-0.05, 0) is 44.5 Å². The molecule has 118 valence electrons. The summed E-state index contributed by atoms with van der Waals surface area (Å²) < 4.78 is 19.4. The number of ether oxygens (including phenoxy) is 1. The maximum absolute atomic E-state index is 13.9. The monoisotopic (exact) mass is 294 g/mol. The molecule has 0 bridgehead atoms. The second-order valence-electron chi connectivity index (χ2n) is 6.04. The van der Waals surface area contributed by atoms with Gasteiger partial charge in [-0.25, -0.2) is 4.39 Å². The lowest BCUT2D eigenvalue weighted by molar-refractivity contribution is -0.0319. The van der Waals surface area contributed by atoms with E-state index in [0.29, 0.717) is 5.56 Å². The topological polar surface area (TPSA) is 24.5 Å². The van der Waals surface area contributed by atoms with Gasteiger partial charge in [0.1, 0.15) is 5.82 Å². The van der Waals surface area contributed by atoms with Crippen molar-refractivity contribution in [2.45, 2.75) is 38.8 Å². The second kappa shape index (κ2) is 6.86. The molecule has 1 heterocycles. The number of halogens is 1. The Balaban J connectivity index is 2.33. The third-order valence-corrected chi connectivity index (χ3v) is 4.89. The maximum atomic E-state index is 13.9. The zero-order valence-electron chi connectivity index (χ0n) is 13.6. The van der Waals surface area contributed by atoms with Crippen molar-refractivity contribution in [3.63, 3.8) is 0 Å². The van der Waals surface area contributed by atoms with Crippen LogP contribution in [0, 0.1) is 12.7 Å². The van der Waals surface area contributed by atoms with Crippen molar-refractivity contribution in [3.8, 4) is 0 Å². The van der Waals surface area contributed by atoms with Crippen molar-refractivity contribution in [1.82, 2.24) is 10.2 Å². The number of benzene rings is 1. The largest absolute Gasteiger partial charge is 0.379 e. The number of hydrogen-bond donors (Lipinski definition) is 1. The van der Waals surface area contributed by atoms with Crippen molar-refractivity contribution in [1.29, 1.82) is 0 Å². The maximum Gasteiger partial charge on any atom is 0.126 e.